The monoisotopic (exact) mass is 588 g/mol. The number of ether oxygens (including phenoxy) is 1. The Bertz CT molecular complexity index is 2300. The van der Waals surface area contributed by atoms with Gasteiger partial charge in [-0.25, -0.2) is 15.0 Å². The first-order valence-electron chi connectivity index (χ1n) is 15.2. The minimum absolute atomic E-state index is 0.584. The van der Waals surface area contributed by atoms with Gasteiger partial charge < -0.3 is 4.74 Å². The standard InChI is InChI=1S/C41H24N4O/c42-25-26-19-22-37-35(23-26)41(33-17-9-10-18-36(33)46-37)32-16-8-7-15-30(32)31-21-20-29(24-34(31)41)40-44-38(27-11-3-1-4-12-27)43-39(45-40)28-13-5-2-6-14-28/h1-24H. The van der Waals surface area contributed by atoms with Crippen LogP contribution in [0.5, 0.6) is 11.5 Å². The number of fused-ring (bicyclic) bond motifs is 9. The first-order chi connectivity index (χ1) is 22.7. The molecule has 1 aromatic heterocycles. The maximum Gasteiger partial charge on any atom is 0.164 e. The minimum Gasteiger partial charge on any atom is -0.457 e. The third kappa shape index (κ3) is 3.77. The summed E-state index contributed by atoms with van der Waals surface area (Å²) in [5.74, 6) is 3.36. The predicted octanol–water partition coefficient (Wildman–Crippen LogP) is 9.21. The third-order valence-corrected chi connectivity index (χ3v) is 9.03. The third-order valence-electron chi connectivity index (χ3n) is 9.03. The van der Waals surface area contributed by atoms with Gasteiger partial charge in [-0.2, -0.15) is 5.26 Å². The number of para-hydroxylation sites is 1. The number of hydrogen-bond acceptors (Lipinski definition) is 5. The van der Waals surface area contributed by atoms with Crippen LogP contribution in [0, 0.1) is 11.3 Å². The van der Waals surface area contributed by atoms with Crippen molar-refractivity contribution in [2.45, 2.75) is 5.41 Å². The number of nitrogens with zero attached hydrogens (tertiary/aromatic N) is 4. The zero-order valence-corrected chi connectivity index (χ0v) is 24.6. The zero-order valence-electron chi connectivity index (χ0n) is 24.6. The quantitative estimate of drug-likeness (QED) is 0.206. The second-order valence-electron chi connectivity index (χ2n) is 11.5. The lowest BCUT2D eigenvalue weighted by Gasteiger charge is -2.39. The van der Waals surface area contributed by atoms with E-state index >= 15 is 0 Å². The molecule has 1 aliphatic heterocycles. The molecule has 1 unspecified atom stereocenters. The molecular formula is C41H24N4O. The summed E-state index contributed by atoms with van der Waals surface area (Å²) in [4.78, 5) is 15.0. The number of rotatable bonds is 3. The second-order valence-corrected chi connectivity index (χ2v) is 11.5. The molecule has 0 amide bonds. The Morgan fingerprint density at radius 2 is 1.02 bits per heavy atom. The molecule has 7 aromatic rings. The van der Waals surface area contributed by atoms with Crippen LogP contribution in [0.2, 0.25) is 0 Å². The molecule has 0 radical (unpaired) electrons. The van der Waals surface area contributed by atoms with Crippen LogP contribution in [-0.2, 0) is 5.41 Å². The molecule has 2 aliphatic rings. The van der Waals surface area contributed by atoms with Gasteiger partial charge in [0.05, 0.1) is 17.0 Å². The van der Waals surface area contributed by atoms with E-state index in [0.717, 1.165) is 61.6 Å². The van der Waals surface area contributed by atoms with Gasteiger partial charge in [-0.3, -0.25) is 0 Å². The van der Waals surface area contributed by atoms with E-state index < -0.39 is 5.41 Å². The minimum atomic E-state index is -0.712. The van der Waals surface area contributed by atoms with Crippen molar-refractivity contribution in [1.82, 2.24) is 15.0 Å². The zero-order chi connectivity index (χ0) is 30.7. The molecule has 46 heavy (non-hydrogen) atoms. The van der Waals surface area contributed by atoms with Gasteiger partial charge in [0.15, 0.2) is 17.5 Å². The second kappa shape index (κ2) is 10.1. The molecule has 0 saturated carbocycles. The summed E-state index contributed by atoms with van der Waals surface area (Å²) in [5.41, 5.74) is 9.10. The topological polar surface area (TPSA) is 71.7 Å². The molecule has 1 aliphatic carbocycles. The lowest BCUT2D eigenvalue weighted by Crippen LogP contribution is -2.32. The van der Waals surface area contributed by atoms with Crippen LogP contribution in [-0.4, -0.2) is 15.0 Å². The Balaban J connectivity index is 1.34. The molecule has 214 valence electrons. The summed E-state index contributed by atoms with van der Waals surface area (Å²) < 4.78 is 6.50. The van der Waals surface area contributed by atoms with Gasteiger partial charge in [0.25, 0.3) is 0 Å². The molecule has 5 nitrogen and oxygen atoms in total. The first kappa shape index (κ1) is 26.1. The molecule has 0 bridgehead atoms. The molecule has 0 fully saturated rings. The molecule has 9 rings (SSSR count). The van der Waals surface area contributed by atoms with Crippen molar-refractivity contribution in [1.29, 1.82) is 5.26 Å². The lowest BCUT2D eigenvalue weighted by atomic mass is 9.65. The van der Waals surface area contributed by atoms with E-state index in [9.17, 15) is 5.26 Å². The van der Waals surface area contributed by atoms with Crippen molar-refractivity contribution in [2.75, 3.05) is 0 Å². The van der Waals surface area contributed by atoms with Crippen LogP contribution in [0.3, 0.4) is 0 Å². The van der Waals surface area contributed by atoms with E-state index in [1.807, 2.05) is 91.0 Å². The van der Waals surface area contributed by atoms with Crippen LogP contribution in [0.4, 0.5) is 0 Å². The Morgan fingerprint density at radius 1 is 0.457 bits per heavy atom. The van der Waals surface area contributed by atoms with E-state index in [1.54, 1.807) is 0 Å². The van der Waals surface area contributed by atoms with Crippen LogP contribution in [0.1, 0.15) is 27.8 Å². The molecular weight excluding hydrogens is 564 g/mol. The van der Waals surface area contributed by atoms with Crippen molar-refractivity contribution in [2.24, 2.45) is 0 Å². The van der Waals surface area contributed by atoms with Crippen molar-refractivity contribution in [3.8, 4) is 62.9 Å². The van der Waals surface area contributed by atoms with Crippen LogP contribution in [0.15, 0.2) is 146 Å². The fourth-order valence-corrected chi connectivity index (χ4v) is 7.05. The molecule has 0 saturated heterocycles. The van der Waals surface area contributed by atoms with E-state index in [0.29, 0.717) is 23.0 Å². The Hall–Kier alpha value is -6.38. The van der Waals surface area contributed by atoms with Gasteiger partial charge in [-0.15, -0.1) is 0 Å². The maximum absolute atomic E-state index is 9.98. The fraction of sp³-hybridized carbons (Fsp3) is 0.0244. The summed E-state index contributed by atoms with van der Waals surface area (Å²) in [7, 11) is 0. The first-order valence-corrected chi connectivity index (χ1v) is 15.2. The van der Waals surface area contributed by atoms with Gasteiger partial charge in [0.1, 0.15) is 11.5 Å². The smallest absolute Gasteiger partial charge is 0.164 e. The highest BCUT2D eigenvalue weighted by atomic mass is 16.5. The molecule has 1 atom stereocenters. The largest absolute Gasteiger partial charge is 0.457 e. The number of nitriles is 1. The number of benzene rings is 6. The maximum atomic E-state index is 9.98. The summed E-state index contributed by atoms with van der Waals surface area (Å²) in [6.45, 7) is 0. The van der Waals surface area contributed by atoms with Gasteiger partial charge >= 0.3 is 0 Å². The van der Waals surface area contributed by atoms with E-state index in [-0.39, 0.29) is 0 Å². The van der Waals surface area contributed by atoms with Crippen LogP contribution >= 0.6 is 0 Å². The van der Waals surface area contributed by atoms with Crippen LogP contribution < -0.4 is 4.74 Å². The molecule has 2 heterocycles. The Labute approximate surface area is 266 Å². The summed E-state index contributed by atoms with van der Waals surface area (Å²) >= 11 is 0. The Morgan fingerprint density at radius 3 is 1.72 bits per heavy atom. The van der Waals surface area contributed by atoms with E-state index in [1.165, 1.54) is 0 Å². The van der Waals surface area contributed by atoms with Gasteiger partial charge in [-0.1, -0.05) is 115 Å². The summed E-state index contributed by atoms with van der Waals surface area (Å²) in [6.07, 6.45) is 0. The van der Waals surface area contributed by atoms with Gasteiger partial charge in [-0.05, 0) is 52.6 Å². The molecule has 5 heteroatoms. The van der Waals surface area contributed by atoms with Gasteiger partial charge in [0, 0.05) is 27.8 Å². The highest BCUT2D eigenvalue weighted by molar-refractivity contribution is 5.90. The average Bonchev–Trinajstić information content (AvgIpc) is 3.42. The predicted molar refractivity (Wildman–Crippen MR) is 178 cm³/mol. The fourth-order valence-electron chi connectivity index (χ4n) is 7.05. The van der Waals surface area contributed by atoms with Crippen molar-refractivity contribution in [3.63, 3.8) is 0 Å². The highest BCUT2D eigenvalue weighted by Crippen LogP contribution is 2.62. The SMILES string of the molecule is N#Cc1ccc2c(c1)C1(c3ccccc3O2)c2ccccc2-c2ccc(-c3nc(-c4ccccc4)nc(-c4ccccc4)n3)cc21. The average molecular weight is 589 g/mol. The van der Waals surface area contributed by atoms with E-state index in [4.69, 9.17) is 19.7 Å². The van der Waals surface area contributed by atoms with Crippen molar-refractivity contribution >= 4 is 0 Å². The molecule has 6 aromatic carbocycles. The Kier molecular flexibility index (Phi) is 5.71. The molecule has 0 N–H and O–H groups in total. The van der Waals surface area contributed by atoms with Crippen molar-refractivity contribution < 1.29 is 4.74 Å². The van der Waals surface area contributed by atoms with Crippen LogP contribution in [0.25, 0.3) is 45.3 Å². The number of hydrogen-bond donors (Lipinski definition) is 0. The molecule has 1 spiro atoms. The summed E-state index contributed by atoms with van der Waals surface area (Å²) in [5, 5.41) is 9.98. The van der Waals surface area contributed by atoms with Crippen molar-refractivity contribution in [3.05, 3.63) is 173 Å². The normalized spacial score (nSPS) is 15.2. The summed E-state index contributed by atoms with van der Waals surface area (Å²) in [6, 6.07) is 51.4. The highest BCUT2D eigenvalue weighted by Gasteiger charge is 2.51. The lowest BCUT2D eigenvalue weighted by molar-refractivity contribution is 0.436. The number of aromatic nitrogens is 3. The van der Waals surface area contributed by atoms with Gasteiger partial charge in [0.2, 0.25) is 0 Å². The van der Waals surface area contributed by atoms with E-state index in [2.05, 4.69) is 60.7 Å².